The number of ether oxygens (including phenoxy) is 1. The van der Waals surface area contributed by atoms with Crippen LogP contribution in [0.25, 0.3) is 0 Å². The van der Waals surface area contributed by atoms with Crippen molar-refractivity contribution >= 4 is 65.9 Å². The van der Waals surface area contributed by atoms with Crippen LogP contribution in [0.3, 0.4) is 0 Å². The molecule has 1 aromatic heterocycles. The molecule has 3 rings (SSSR count). The van der Waals surface area contributed by atoms with Crippen molar-refractivity contribution in [2.24, 2.45) is 5.10 Å². The molecule has 0 spiro atoms. The van der Waals surface area contributed by atoms with Gasteiger partial charge in [0.25, 0.3) is 5.91 Å². The Balaban J connectivity index is 1.81. The fraction of sp³-hybridized carbons (Fsp3) is 0. The molecule has 6 nitrogen and oxygen atoms in total. The van der Waals surface area contributed by atoms with Crippen LogP contribution in [0.15, 0.2) is 79.4 Å². The normalized spacial score (nSPS) is 10.7. The highest BCUT2D eigenvalue weighted by molar-refractivity contribution is 9.11. The lowest BCUT2D eigenvalue weighted by Gasteiger charge is -2.11. The van der Waals surface area contributed by atoms with Gasteiger partial charge in [0.05, 0.1) is 16.3 Å². The quantitative estimate of drug-likeness (QED) is 0.191. The van der Waals surface area contributed by atoms with E-state index in [-0.39, 0.29) is 11.7 Å². The number of amides is 1. The van der Waals surface area contributed by atoms with Gasteiger partial charge in [-0.05, 0) is 58.4 Å². The van der Waals surface area contributed by atoms with Gasteiger partial charge in [0.2, 0.25) is 0 Å². The second-order valence-electron chi connectivity index (χ2n) is 5.64. The van der Waals surface area contributed by atoms with Crippen LogP contribution in [0.2, 0.25) is 0 Å². The van der Waals surface area contributed by atoms with Crippen molar-refractivity contribution in [2.75, 3.05) is 0 Å². The average Bonchev–Trinajstić information content (AvgIpc) is 2.71. The summed E-state index contributed by atoms with van der Waals surface area (Å²) in [5.41, 5.74) is 3.74. The van der Waals surface area contributed by atoms with Crippen molar-refractivity contribution in [1.29, 1.82) is 0 Å². The maximum atomic E-state index is 12.5. The number of esters is 1. The Kier molecular flexibility index (Phi) is 7.29. The number of hydrogen-bond donors (Lipinski definition) is 1. The summed E-state index contributed by atoms with van der Waals surface area (Å²) >= 11 is 10.1. The lowest BCUT2D eigenvalue weighted by Crippen LogP contribution is -2.17. The predicted octanol–water partition coefficient (Wildman–Crippen LogP) is 5.35. The zero-order valence-corrected chi connectivity index (χ0v) is 19.4. The van der Waals surface area contributed by atoms with E-state index in [2.05, 4.69) is 63.3 Å². The Bertz CT molecular complexity index is 1090. The molecule has 0 aliphatic carbocycles. The largest absolute Gasteiger partial charge is 0.421 e. The SMILES string of the molecule is O=C(N/N=C/c1cc(Br)cc(Br)c1OC(=O)c1cccc(Br)c1)c1ccncc1. The summed E-state index contributed by atoms with van der Waals surface area (Å²) in [7, 11) is 0. The number of halogens is 3. The number of hydrogen-bond acceptors (Lipinski definition) is 5. The van der Waals surface area contributed by atoms with E-state index in [9.17, 15) is 9.59 Å². The van der Waals surface area contributed by atoms with Crippen molar-refractivity contribution in [1.82, 2.24) is 10.4 Å². The molecular formula is C20H12Br3N3O3. The van der Waals surface area contributed by atoms with Crippen molar-refractivity contribution in [3.05, 3.63) is 91.0 Å². The van der Waals surface area contributed by atoms with Crippen LogP contribution < -0.4 is 10.2 Å². The summed E-state index contributed by atoms with van der Waals surface area (Å²) in [6, 6.07) is 13.5. The van der Waals surface area contributed by atoms with Gasteiger partial charge in [0.1, 0.15) is 0 Å². The van der Waals surface area contributed by atoms with Crippen LogP contribution in [0.4, 0.5) is 0 Å². The Morgan fingerprint density at radius 2 is 1.72 bits per heavy atom. The Morgan fingerprint density at radius 3 is 2.45 bits per heavy atom. The second kappa shape index (κ2) is 9.91. The summed E-state index contributed by atoms with van der Waals surface area (Å²) in [6.07, 6.45) is 4.44. The van der Waals surface area contributed by atoms with E-state index in [4.69, 9.17) is 4.74 Å². The van der Waals surface area contributed by atoms with Gasteiger partial charge < -0.3 is 4.74 Å². The van der Waals surface area contributed by atoms with Crippen molar-refractivity contribution in [3.63, 3.8) is 0 Å². The van der Waals surface area contributed by atoms with E-state index < -0.39 is 5.97 Å². The Labute approximate surface area is 191 Å². The number of hydrazone groups is 1. The number of aromatic nitrogens is 1. The van der Waals surface area contributed by atoms with E-state index in [0.29, 0.717) is 21.2 Å². The predicted molar refractivity (Wildman–Crippen MR) is 120 cm³/mol. The van der Waals surface area contributed by atoms with Gasteiger partial charge in [-0.25, -0.2) is 10.2 Å². The van der Waals surface area contributed by atoms with Crippen LogP contribution in [-0.4, -0.2) is 23.1 Å². The highest BCUT2D eigenvalue weighted by Crippen LogP contribution is 2.32. The minimum Gasteiger partial charge on any atom is -0.421 e. The van der Waals surface area contributed by atoms with Gasteiger partial charge in [-0.2, -0.15) is 5.10 Å². The molecule has 29 heavy (non-hydrogen) atoms. The van der Waals surface area contributed by atoms with E-state index >= 15 is 0 Å². The lowest BCUT2D eigenvalue weighted by atomic mass is 10.2. The van der Waals surface area contributed by atoms with Crippen LogP contribution in [-0.2, 0) is 0 Å². The van der Waals surface area contributed by atoms with Gasteiger partial charge in [-0.3, -0.25) is 9.78 Å². The first-order valence-corrected chi connectivity index (χ1v) is 10.5. The van der Waals surface area contributed by atoms with Crippen molar-refractivity contribution in [3.8, 4) is 5.75 Å². The first kappa shape index (κ1) is 21.4. The molecule has 3 aromatic rings. The standard InChI is InChI=1S/C20H12Br3N3O3/c21-15-3-1-2-13(8-15)20(28)29-18-14(9-16(22)10-17(18)23)11-25-26-19(27)12-4-6-24-7-5-12/h1-11H,(H,26,27)/b25-11+. The molecule has 0 unspecified atom stereocenters. The molecule has 1 N–H and O–H groups in total. The fourth-order valence-corrected chi connectivity index (χ4v) is 4.02. The van der Waals surface area contributed by atoms with Crippen LogP contribution in [0.5, 0.6) is 5.75 Å². The summed E-state index contributed by atoms with van der Waals surface area (Å²) in [6.45, 7) is 0. The van der Waals surface area contributed by atoms with Gasteiger partial charge >= 0.3 is 5.97 Å². The van der Waals surface area contributed by atoms with Gasteiger partial charge in [0, 0.05) is 32.5 Å². The highest BCUT2D eigenvalue weighted by atomic mass is 79.9. The average molecular weight is 582 g/mol. The molecule has 0 aliphatic rings. The number of carbonyl (C=O) groups is 2. The molecule has 0 saturated carbocycles. The third kappa shape index (κ3) is 5.81. The van der Waals surface area contributed by atoms with E-state index in [0.717, 1.165) is 8.95 Å². The molecule has 0 atom stereocenters. The monoisotopic (exact) mass is 579 g/mol. The van der Waals surface area contributed by atoms with Gasteiger partial charge in [-0.1, -0.05) is 37.9 Å². The first-order chi connectivity index (χ1) is 13.9. The second-order valence-corrected chi connectivity index (χ2v) is 8.33. The number of nitrogens with zero attached hydrogens (tertiary/aromatic N) is 2. The van der Waals surface area contributed by atoms with Gasteiger partial charge in [-0.15, -0.1) is 0 Å². The van der Waals surface area contributed by atoms with E-state index in [1.54, 1.807) is 42.5 Å². The van der Waals surface area contributed by atoms with Crippen LogP contribution in [0, 0.1) is 0 Å². The summed E-state index contributed by atoms with van der Waals surface area (Å²) < 4.78 is 7.64. The summed E-state index contributed by atoms with van der Waals surface area (Å²) in [5.74, 6) is -0.629. The maximum absolute atomic E-state index is 12.5. The van der Waals surface area contributed by atoms with E-state index in [1.807, 2.05) is 6.07 Å². The van der Waals surface area contributed by atoms with Crippen molar-refractivity contribution < 1.29 is 14.3 Å². The molecule has 9 heteroatoms. The maximum Gasteiger partial charge on any atom is 0.343 e. The minimum absolute atomic E-state index is 0.278. The number of pyridine rings is 1. The first-order valence-electron chi connectivity index (χ1n) is 8.14. The minimum atomic E-state index is -0.523. The molecule has 0 bridgehead atoms. The fourth-order valence-electron chi connectivity index (χ4n) is 2.28. The van der Waals surface area contributed by atoms with Gasteiger partial charge in [0.15, 0.2) is 5.75 Å². The summed E-state index contributed by atoms with van der Waals surface area (Å²) in [5, 5.41) is 3.97. The molecule has 0 saturated heterocycles. The molecule has 1 amide bonds. The smallest absolute Gasteiger partial charge is 0.343 e. The third-order valence-corrected chi connectivity index (χ3v) is 5.14. The Hall–Kier alpha value is -2.36. The number of benzene rings is 2. The van der Waals surface area contributed by atoms with Crippen LogP contribution >= 0.6 is 47.8 Å². The molecule has 0 aliphatic heterocycles. The zero-order chi connectivity index (χ0) is 20.8. The third-order valence-electron chi connectivity index (χ3n) is 3.60. The van der Waals surface area contributed by atoms with E-state index in [1.165, 1.54) is 18.6 Å². The molecule has 0 radical (unpaired) electrons. The molecular weight excluding hydrogens is 570 g/mol. The van der Waals surface area contributed by atoms with Crippen molar-refractivity contribution in [2.45, 2.75) is 0 Å². The summed E-state index contributed by atoms with van der Waals surface area (Å²) in [4.78, 5) is 28.5. The topological polar surface area (TPSA) is 80.6 Å². The molecule has 1 heterocycles. The zero-order valence-electron chi connectivity index (χ0n) is 14.6. The highest BCUT2D eigenvalue weighted by Gasteiger charge is 2.15. The number of nitrogens with one attached hydrogen (secondary N) is 1. The number of rotatable bonds is 5. The lowest BCUT2D eigenvalue weighted by molar-refractivity contribution is 0.0732. The molecule has 0 fully saturated rings. The number of carbonyl (C=O) groups excluding carboxylic acids is 2. The Morgan fingerprint density at radius 1 is 0.966 bits per heavy atom. The van der Waals surface area contributed by atoms with Crippen LogP contribution in [0.1, 0.15) is 26.3 Å². The molecule has 146 valence electrons. The molecule has 2 aromatic carbocycles.